The molecule has 1 N–H and O–H groups in total. The molecule has 1 amide bonds. The van der Waals surface area contributed by atoms with Crippen molar-refractivity contribution in [1.29, 1.82) is 5.26 Å². The standard InChI is InChI=1S/C21H13ClN2O3/c22-17-9-13(11-23)5-7-20(17)26-12-21(25)24-14-6-8-19-16(10-14)15-3-1-2-4-18(15)27-19/h1-10H,12H2,(H,24,25). The van der Waals surface area contributed by atoms with Crippen molar-refractivity contribution in [1.82, 2.24) is 0 Å². The lowest BCUT2D eigenvalue weighted by atomic mass is 10.1. The largest absolute Gasteiger partial charge is 0.482 e. The second-order valence-electron chi connectivity index (χ2n) is 5.90. The molecule has 0 bridgehead atoms. The maximum atomic E-state index is 12.2. The number of hydrogen-bond donors (Lipinski definition) is 1. The van der Waals surface area contributed by atoms with Crippen LogP contribution in [0.5, 0.6) is 5.75 Å². The number of halogens is 1. The molecule has 0 aliphatic rings. The lowest BCUT2D eigenvalue weighted by molar-refractivity contribution is -0.118. The molecule has 0 atom stereocenters. The molecule has 4 aromatic rings. The van der Waals surface area contributed by atoms with Crippen LogP contribution >= 0.6 is 11.6 Å². The number of ether oxygens (including phenoxy) is 1. The van der Waals surface area contributed by atoms with Crippen LogP contribution in [0.4, 0.5) is 5.69 Å². The molecule has 5 nitrogen and oxygen atoms in total. The fourth-order valence-corrected chi connectivity index (χ4v) is 3.07. The normalized spacial score (nSPS) is 10.7. The van der Waals surface area contributed by atoms with Crippen LogP contribution < -0.4 is 10.1 Å². The lowest BCUT2D eigenvalue weighted by Crippen LogP contribution is -2.20. The Morgan fingerprint density at radius 1 is 1.07 bits per heavy atom. The second-order valence-corrected chi connectivity index (χ2v) is 6.31. The van der Waals surface area contributed by atoms with Gasteiger partial charge in [-0.1, -0.05) is 29.8 Å². The highest BCUT2D eigenvalue weighted by Crippen LogP contribution is 2.30. The van der Waals surface area contributed by atoms with Gasteiger partial charge in [0.2, 0.25) is 0 Å². The molecule has 0 aliphatic carbocycles. The van der Waals surface area contributed by atoms with Crippen molar-refractivity contribution >= 4 is 45.1 Å². The molecule has 27 heavy (non-hydrogen) atoms. The van der Waals surface area contributed by atoms with Gasteiger partial charge in [-0.3, -0.25) is 4.79 Å². The summed E-state index contributed by atoms with van der Waals surface area (Å²) in [6.45, 7) is -0.199. The van der Waals surface area contributed by atoms with Crippen molar-refractivity contribution in [3.8, 4) is 11.8 Å². The van der Waals surface area contributed by atoms with E-state index in [0.717, 1.165) is 21.9 Å². The van der Waals surface area contributed by atoms with E-state index in [1.54, 1.807) is 18.2 Å². The van der Waals surface area contributed by atoms with Gasteiger partial charge in [-0.25, -0.2) is 0 Å². The van der Waals surface area contributed by atoms with Crippen LogP contribution in [0.15, 0.2) is 65.1 Å². The number of carbonyl (C=O) groups excluding carboxylic acids is 1. The zero-order valence-corrected chi connectivity index (χ0v) is 14.8. The quantitative estimate of drug-likeness (QED) is 0.535. The van der Waals surface area contributed by atoms with Crippen LogP contribution in [-0.2, 0) is 4.79 Å². The van der Waals surface area contributed by atoms with E-state index < -0.39 is 0 Å². The van der Waals surface area contributed by atoms with E-state index in [9.17, 15) is 4.79 Å². The minimum atomic E-state index is -0.317. The predicted molar refractivity (Wildman–Crippen MR) is 104 cm³/mol. The van der Waals surface area contributed by atoms with Crippen molar-refractivity contribution in [2.75, 3.05) is 11.9 Å². The summed E-state index contributed by atoms with van der Waals surface area (Å²) in [6, 6.07) is 19.8. The lowest BCUT2D eigenvalue weighted by Gasteiger charge is -2.09. The van der Waals surface area contributed by atoms with E-state index >= 15 is 0 Å². The fourth-order valence-electron chi connectivity index (χ4n) is 2.83. The molecule has 0 saturated carbocycles. The number of fused-ring (bicyclic) bond motifs is 3. The van der Waals surface area contributed by atoms with Gasteiger partial charge in [-0.15, -0.1) is 0 Å². The molecule has 1 heterocycles. The minimum absolute atomic E-state index is 0.199. The zero-order valence-electron chi connectivity index (χ0n) is 14.0. The van der Waals surface area contributed by atoms with Gasteiger partial charge < -0.3 is 14.5 Å². The summed E-state index contributed by atoms with van der Waals surface area (Å²) in [5.41, 5.74) is 2.63. The van der Waals surface area contributed by atoms with Crippen LogP contribution in [0.25, 0.3) is 21.9 Å². The number of furan rings is 1. The smallest absolute Gasteiger partial charge is 0.262 e. The summed E-state index contributed by atoms with van der Waals surface area (Å²) >= 11 is 6.04. The Balaban J connectivity index is 1.48. The Kier molecular flexibility index (Phi) is 4.41. The molecule has 0 radical (unpaired) electrons. The van der Waals surface area contributed by atoms with Crippen molar-refractivity contribution in [2.45, 2.75) is 0 Å². The molecule has 1 aromatic heterocycles. The molecule has 0 saturated heterocycles. The molecule has 0 unspecified atom stereocenters. The van der Waals surface area contributed by atoms with E-state index in [0.29, 0.717) is 17.0 Å². The van der Waals surface area contributed by atoms with Gasteiger partial charge in [0, 0.05) is 16.5 Å². The highest BCUT2D eigenvalue weighted by atomic mass is 35.5. The first-order valence-electron chi connectivity index (χ1n) is 8.17. The third kappa shape index (κ3) is 3.43. The average molecular weight is 377 g/mol. The number of benzene rings is 3. The van der Waals surface area contributed by atoms with Gasteiger partial charge in [0.15, 0.2) is 6.61 Å². The Hall–Kier alpha value is -3.49. The second kappa shape index (κ2) is 7.02. The van der Waals surface area contributed by atoms with Gasteiger partial charge in [0.05, 0.1) is 16.7 Å². The van der Waals surface area contributed by atoms with Crippen molar-refractivity contribution in [2.24, 2.45) is 0 Å². The number of carbonyl (C=O) groups is 1. The van der Waals surface area contributed by atoms with Crippen molar-refractivity contribution in [3.63, 3.8) is 0 Å². The molecular weight excluding hydrogens is 364 g/mol. The molecule has 3 aromatic carbocycles. The summed E-state index contributed by atoms with van der Waals surface area (Å²) in [6.07, 6.45) is 0. The average Bonchev–Trinajstić information content (AvgIpc) is 3.05. The monoisotopic (exact) mass is 376 g/mol. The summed E-state index contributed by atoms with van der Waals surface area (Å²) < 4.78 is 11.2. The third-order valence-electron chi connectivity index (χ3n) is 4.08. The highest BCUT2D eigenvalue weighted by molar-refractivity contribution is 6.32. The van der Waals surface area contributed by atoms with E-state index in [-0.39, 0.29) is 17.5 Å². The topological polar surface area (TPSA) is 75.3 Å². The number of nitriles is 1. The maximum absolute atomic E-state index is 12.2. The number of nitrogens with one attached hydrogen (secondary N) is 1. The van der Waals surface area contributed by atoms with Crippen molar-refractivity contribution < 1.29 is 13.9 Å². The fraction of sp³-hybridized carbons (Fsp3) is 0.0476. The van der Waals surface area contributed by atoms with E-state index in [2.05, 4.69) is 5.32 Å². The van der Waals surface area contributed by atoms with E-state index in [4.69, 9.17) is 26.0 Å². The minimum Gasteiger partial charge on any atom is -0.482 e. The Morgan fingerprint density at radius 3 is 2.70 bits per heavy atom. The predicted octanol–water partition coefficient (Wildman–Crippen LogP) is 5.13. The van der Waals surface area contributed by atoms with Gasteiger partial charge in [0.1, 0.15) is 16.9 Å². The number of rotatable bonds is 4. The summed E-state index contributed by atoms with van der Waals surface area (Å²) in [7, 11) is 0. The van der Waals surface area contributed by atoms with Crippen LogP contribution in [-0.4, -0.2) is 12.5 Å². The van der Waals surface area contributed by atoms with Crippen LogP contribution in [0.3, 0.4) is 0 Å². The van der Waals surface area contributed by atoms with E-state index in [1.807, 2.05) is 42.5 Å². The molecular formula is C21H13ClN2O3. The van der Waals surface area contributed by atoms with Gasteiger partial charge in [0.25, 0.3) is 5.91 Å². The molecule has 0 spiro atoms. The number of para-hydroxylation sites is 1. The first kappa shape index (κ1) is 17.0. The number of nitrogens with zero attached hydrogens (tertiary/aromatic N) is 1. The SMILES string of the molecule is N#Cc1ccc(OCC(=O)Nc2ccc3oc4ccccc4c3c2)c(Cl)c1. The zero-order chi connectivity index (χ0) is 18.8. The highest BCUT2D eigenvalue weighted by Gasteiger charge is 2.10. The molecule has 4 rings (SSSR count). The maximum Gasteiger partial charge on any atom is 0.262 e. The molecule has 0 fully saturated rings. The van der Waals surface area contributed by atoms with Crippen LogP contribution in [0, 0.1) is 11.3 Å². The molecule has 0 aliphatic heterocycles. The van der Waals surface area contributed by atoms with Gasteiger partial charge in [-0.2, -0.15) is 5.26 Å². The summed E-state index contributed by atoms with van der Waals surface area (Å²) in [4.78, 5) is 12.2. The molecule has 132 valence electrons. The van der Waals surface area contributed by atoms with E-state index in [1.165, 1.54) is 6.07 Å². The summed E-state index contributed by atoms with van der Waals surface area (Å²) in [5, 5.41) is 13.8. The number of hydrogen-bond acceptors (Lipinski definition) is 4. The molecule has 6 heteroatoms. The first-order chi connectivity index (χ1) is 13.1. The Labute approximate surface area is 159 Å². The van der Waals surface area contributed by atoms with Crippen LogP contribution in [0.1, 0.15) is 5.56 Å². The Morgan fingerprint density at radius 2 is 1.89 bits per heavy atom. The third-order valence-corrected chi connectivity index (χ3v) is 4.38. The number of amides is 1. The van der Waals surface area contributed by atoms with Gasteiger partial charge >= 0.3 is 0 Å². The summed E-state index contributed by atoms with van der Waals surface area (Å²) in [5.74, 6) is 0.0321. The Bertz CT molecular complexity index is 1210. The first-order valence-corrected chi connectivity index (χ1v) is 8.55. The number of anilines is 1. The van der Waals surface area contributed by atoms with Gasteiger partial charge in [-0.05, 0) is 42.5 Å². The van der Waals surface area contributed by atoms with Crippen molar-refractivity contribution in [3.05, 3.63) is 71.2 Å². The van der Waals surface area contributed by atoms with Crippen LogP contribution in [0.2, 0.25) is 5.02 Å².